The van der Waals surface area contributed by atoms with Crippen molar-refractivity contribution in [2.75, 3.05) is 27.3 Å². The molecule has 0 saturated heterocycles. The van der Waals surface area contributed by atoms with Crippen LogP contribution in [0.15, 0.2) is 29.3 Å². The van der Waals surface area contributed by atoms with E-state index in [2.05, 4.69) is 46.8 Å². The molecule has 1 aromatic rings. The van der Waals surface area contributed by atoms with Gasteiger partial charge >= 0.3 is 0 Å². The second-order valence-electron chi connectivity index (χ2n) is 4.94. The Morgan fingerprint density at radius 1 is 1.40 bits per heavy atom. The molecule has 0 bridgehead atoms. The van der Waals surface area contributed by atoms with E-state index in [9.17, 15) is 0 Å². The van der Waals surface area contributed by atoms with Gasteiger partial charge in [0.25, 0.3) is 0 Å². The highest BCUT2D eigenvalue weighted by Gasteiger charge is 2.39. The van der Waals surface area contributed by atoms with Crippen LogP contribution in [0.2, 0.25) is 0 Å². The number of aryl methyl sites for hydroxylation is 1. The van der Waals surface area contributed by atoms with Crippen LogP contribution in [0.5, 0.6) is 0 Å². The molecule has 0 radical (unpaired) electrons. The van der Waals surface area contributed by atoms with E-state index in [0.717, 1.165) is 12.5 Å². The number of nitrogens with one attached hydrogen (secondary N) is 2. The molecule has 1 fully saturated rings. The minimum absolute atomic E-state index is 0. The highest BCUT2D eigenvalue weighted by molar-refractivity contribution is 14.0. The second-order valence-corrected chi connectivity index (χ2v) is 4.94. The third-order valence-electron chi connectivity index (χ3n) is 3.52. The molecular formula is C15H24IN3O. The number of hydrogen-bond donors (Lipinski definition) is 2. The molecular weight excluding hydrogens is 365 g/mol. The van der Waals surface area contributed by atoms with Gasteiger partial charge in [-0.05, 0) is 24.5 Å². The number of ether oxygens (including phenoxy) is 1. The molecule has 5 heteroatoms. The Balaban J connectivity index is 0.00000200. The van der Waals surface area contributed by atoms with E-state index >= 15 is 0 Å². The number of benzene rings is 1. The number of hydrogen-bond acceptors (Lipinski definition) is 2. The Bertz CT molecular complexity index is 450. The molecule has 0 heterocycles. The van der Waals surface area contributed by atoms with Crippen LogP contribution in [0.3, 0.4) is 0 Å². The van der Waals surface area contributed by atoms with E-state index < -0.39 is 0 Å². The predicted molar refractivity (Wildman–Crippen MR) is 94.1 cm³/mol. The topological polar surface area (TPSA) is 45.7 Å². The van der Waals surface area contributed by atoms with Gasteiger partial charge in [0.05, 0.1) is 6.61 Å². The van der Waals surface area contributed by atoms with Gasteiger partial charge in [-0.15, -0.1) is 24.0 Å². The molecule has 2 rings (SSSR count). The summed E-state index contributed by atoms with van der Waals surface area (Å²) in [6.07, 6.45) is 1.18. The number of rotatable bonds is 5. The van der Waals surface area contributed by atoms with Gasteiger partial charge in [-0.1, -0.05) is 24.3 Å². The summed E-state index contributed by atoms with van der Waals surface area (Å²) in [5, 5.41) is 6.70. The van der Waals surface area contributed by atoms with Crippen LogP contribution in [0.25, 0.3) is 0 Å². The van der Waals surface area contributed by atoms with Crippen molar-refractivity contribution in [3.63, 3.8) is 0 Å². The van der Waals surface area contributed by atoms with Crippen LogP contribution < -0.4 is 10.6 Å². The van der Waals surface area contributed by atoms with E-state index in [1.807, 2.05) is 0 Å². The molecule has 1 aliphatic rings. The molecule has 0 aliphatic heterocycles. The maximum Gasteiger partial charge on any atom is 0.191 e. The molecule has 0 spiro atoms. The maximum atomic E-state index is 5.02. The fraction of sp³-hybridized carbons (Fsp3) is 0.533. The first kappa shape index (κ1) is 17.2. The van der Waals surface area contributed by atoms with Gasteiger partial charge < -0.3 is 15.4 Å². The van der Waals surface area contributed by atoms with E-state index in [-0.39, 0.29) is 24.0 Å². The summed E-state index contributed by atoms with van der Waals surface area (Å²) in [5.74, 6) is 1.47. The monoisotopic (exact) mass is 389 g/mol. The predicted octanol–water partition coefficient (Wildman–Crippen LogP) is 2.28. The van der Waals surface area contributed by atoms with Crippen molar-refractivity contribution in [2.45, 2.75) is 25.3 Å². The first-order chi connectivity index (χ1) is 9.26. The minimum atomic E-state index is 0. The summed E-state index contributed by atoms with van der Waals surface area (Å²) in [7, 11) is 3.50. The molecule has 20 heavy (non-hydrogen) atoms. The van der Waals surface area contributed by atoms with Crippen molar-refractivity contribution in [3.05, 3.63) is 35.4 Å². The smallest absolute Gasteiger partial charge is 0.191 e. The number of nitrogens with zero attached hydrogens (tertiary/aromatic N) is 1. The summed E-state index contributed by atoms with van der Waals surface area (Å²) in [6.45, 7) is 3.64. The molecule has 1 aromatic carbocycles. The molecule has 1 aliphatic carbocycles. The summed E-state index contributed by atoms with van der Waals surface area (Å²) in [5.41, 5.74) is 2.83. The molecule has 2 atom stereocenters. The zero-order chi connectivity index (χ0) is 13.7. The largest absolute Gasteiger partial charge is 0.383 e. The van der Waals surface area contributed by atoms with Crippen molar-refractivity contribution in [3.8, 4) is 0 Å². The third-order valence-corrected chi connectivity index (χ3v) is 3.52. The van der Waals surface area contributed by atoms with Crippen LogP contribution >= 0.6 is 24.0 Å². The number of halogens is 1. The standard InChI is InChI=1S/C15H23N3O.HI/c1-11-6-4-5-7-12(11)13-10-14(13)18-15(16-2)17-8-9-19-3;/h4-7,13-14H,8-10H2,1-3H3,(H2,16,17,18);1H. The molecule has 2 unspecified atom stereocenters. The Morgan fingerprint density at radius 3 is 2.80 bits per heavy atom. The van der Waals surface area contributed by atoms with Gasteiger partial charge in [0.2, 0.25) is 0 Å². The lowest BCUT2D eigenvalue weighted by Crippen LogP contribution is -2.40. The average Bonchev–Trinajstić information content (AvgIpc) is 3.17. The molecule has 0 amide bonds. The van der Waals surface area contributed by atoms with Crippen molar-refractivity contribution in [2.24, 2.45) is 4.99 Å². The number of guanidine groups is 1. The summed E-state index contributed by atoms with van der Waals surface area (Å²) < 4.78 is 5.02. The van der Waals surface area contributed by atoms with Gasteiger partial charge in [0.1, 0.15) is 0 Å². The van der Waals surface area contributed by atoms with Gasteiger partial charge in [-0.2, -0.15) is 0 Å². The lowest BCUT2D eigenvalue weighted by atomic mass is 10.0. The Kier molecular flexibility index (Phi) is 7.29. The maximum absolute atomic E-state index is 5.02. The second kappa shape index (κ2) is 8.46. The Morgan fingerprint density at radius 2 is 2.15 bits per heavy atom. The van der Waals surface area contributed by atoms with Crippen LogP contribution in [0, 0.1) is 6.92 Å². The molecule has 112 valence electrons. The molecule has 0 aromatic heterocycles. The first-order valence-corrected chi connectivity index (χ1v) is 6.78. The van der Waals surface area contributed by atoms with E-state index in [4.69, 9.17) is 4.74 Å². The summed E-state index contributed by atoms with van der Waals surface area (Å²) in [4.78, 5) is 4.23. The van der Waals surface area contributed by atoms with Crippen molar-refractivity contribution >= 4 is 29.9 Å². The van der Waals surface area contributed by atoms with Gasteiger partial charge in [-0.3, -0.25) is 4.99 Å². The lowest BCUT2D eigenvalue weighted by molar-refractivity contribution is 0.203. The third kappa shape index (κ3) is 4.63. The zero-order valence-corrected chi connectivity index (χ0v) is 14.7. The highest BCUT2D eigenvalue weighted by Crippen LogP contribution is 2.41. The fourth-order valence-corrected chi connectivity index (χ4v) is 2.34. The Labute approximate surface area is 138 Å². The van der Waals surface area contributed by atoms with Crippen LogP contribution in [0.1, 0.15) is 23.5 Å². The summed E-state index contributed by atoms with van der Waals surface area (Å²) in [6, 6.07) is 9.10. The highest BCUT2D eigenvalue weighted by atomic mass is 127. The van der Waals surface area contributed by atoms with Crippen LogP contribution in [0.4, 0.5) is 0 Å². The van der Waals surface area contributed by atoms with Gasteiger partial charge in [0, 0.05) is 32.7 Å². The first-order valence-electron chi connectivity index (χ1n) is 6.78. The molecule has 2 N–H and O–H groups in total. The fourth-order valence-electron chi connectivity index (χ4n) is 2.34. The zero-order valence-electron chi connectivity index (χ0n) is 12.3. The Hall–Kier alpha value is -0.820. The van der Waals surface area contributed by atoms with E-state index in [0.29, 0.717) is 18.6 Å². The number of methoxy groups -OCH3 is 1. The van der Waals surface area contributed by atoms with E-state index in [1.54, 1.807) is 14.2 Å². The van der Waals surface area contributed by atoms with Crippen LogP contribution in [-0.4, -0.2) is 39.3 Å². The van der Waals surface area contributed by atoms with Gasteiger partial charge in [-0.25, -0.2) is 0 Å². The van der Waals surface area contributed by atoms with Gasteiger partial charge in [0.15, 0.2) is 5.96 Å². The minimum Gasteiger partial charge on any atom is -0.383 e. The molecule has 1 saturated carbocycles. The summed E-state index contributed by atoms with van der Waals surface area (Å²) >= 11 is 0. The normalized spacial score (nSPS) is 21.1. The SMILES string of the molecule is CN=C(NCCOC)NC1CC1c1ccccc1C.I. The quantitative estimate of drug-likeness (QED) is 0.352. The van der Waals surface area contributed by atoms with Crippen molar-refractivity contribution in [1.82, 2.24) is 10.6 Å². The van der Waals surface area contributed by atoms with E-state index in [1.165, 1.54) is 17.5 Å². The van der Waals surface area contributed by atoms with Crippen molar-refractivity contribution in [1.29, 1.82) is 0 Å². The van der Waals surface area contributed by atoms with Crippen molar-refractivity contribution < 1.29 is 4.74 Å². The number of aliphatic imine (C=N–C) groups is 1. The average molecular weight is 389 g/mol. The molecule has 4 nitrogen and oxygen atoms in total. The lowest BCUT2D eigenvalue weighted by Gasteiger charge is -2.12. The van der Waals surface area contributed by atoms with Crippen LogP contribution in [-0.2, 0) is 4.74 Å².